The van der Waals surface area contributed by atoms with Crippen LogP contribution in [-0.4, -0.2) is 30.2 Å². The van der Waals surface area contributed by atoms with Gasteiger partial charge in [0.25, 0.3) is 11.8 Å². The Kier molecular flexibility index (Phi) is 5.01. The van der Waals surface area contributed by atoms with Crippen LogP contribution in [0.3, 0.4) is 0 Å². The quantitative estimate of drug-likeness (QED) is 0.351. The summed E-state index contributed by atoms with van der Waals surface area (Å²) >= 11 is 0. The van der Waals surface area contributed by atoms with Crippen LogP contribution < -0.4 is 14.5 Å². The largest absolute Gasteiger partial charge is 0.426 e. The summed E-state index contributed by atoms with van der Waals surface area (Å²) in [5.74, 6) is -1.91. The van der Waals surface area contributed by atoms with E-state index < -0.39 is 23.7 Å². The van der Waals surface area contributed by atoms with Gasteiger partial charge < -0.3 is 9.64 Å². The minimum Gasteiger partial charge on any atom is -0.426 e. The highest BCUT2D eigenvalue weighted by Crippen LogP contribution is 2.32. The van der Waals surface area contributed by atoms with E-state index in [1.807, 2.05) is 31.2 Å². The number of fused-ring (bicyclic) bond motifs is 1. The zero-order valence-corrected chi connectivity index (χ0v) is 17.9. The Morgan fingerprint density at radius 3 is 2.24 bits per heavy atom. The Labute approximate surface area is 190 Å². The summed E-state index contributed by atoms with van der Waals surface area (Å²) in [7, 11) is 0. The maximum Gasteiger partial charge on any atom is 0.316 e. The van der Waals surface area contributed by atoms with Gasteiger partial charge in [0.1, 0.15) is 5.75 Å². The Hall–Kier alpha value is -4.26. The maximum absolute atomic E-state index is 12.8. The number of carbonyl (C=O) groups is 4. The number of anilines is 2. The molecule has 3 amide bonds. The van der Waals surface area contributed by atoms with Gasteiger partial charge in [0.15, 0.2) is 0 Å². The number of esters is 1. The third kappa shape index (κ3) is 3.57. The van der Waals surface area contributed by atoms with Gasteiger partial charge in [0, 0.05) is 24.7 Å². The molecule has 2 aliphatic rings. The van der Waals surface area contributed by atoms with Gasteiger partial charge in [-0.2, -0.15) is 0 Å². The summed E-state index contributed by atoms with van der Waals surface area (Å²) in [5, 5.41) is 0. The first-order chi connectivity index (χ1) is 15.9. The molecule has 1 fully saturated rings. The van der Waals surface area contributed by atoms with E-state index in [4.69, 9.17) is 4.74 Å². The molecule has 2 aliphatic heterocycles. The average Bonchev–Trinajstić information content (AvgIpc) is 3.32. The number of nitrogens with zero attached hydrogens (tertiary/aromatic N) is 2. The van der Waals surface area contributed by atoms with Crippen molar-refractivity contribution in [3.05, 3.63) is 89.5 Å². The van der Waals surface area contributed by atoms with Crippen LogP contribution in [0, 0.1) is 12.8 Å². The van der Waals surface area contributed by atoms with Gasteiger partial charge in [-0.05, 0) is 42.8 Å². The van der Waals surface area contributed by atoms with Crippen molar-refractivity contribution in [3.63, 3.8) is 0 Å². The molecule has 0 bridgehead atoms. The number of rotatable bonds is 4. The van der Waals surface area contributed by atoms with Crippen LogP contribution in [0.5, 0.6) is 5.75 Å². The fourth-order valence-corrected chi connectivity index (χ4v) is 4.27. The SMILES string of the molecule is Cc1ccccc1N1C[C@@H](C(=O)Oc2cccc(N3C(=O)c4ccccc4C3=O)c2)CC1=O. The van der Waals surface area contributed by atoms with E-state index in [2.05, 4.69) is 0 Å². The van der Waals surface area contributed by atoms with Crippen molar-refractivity contribution in [1.82, 2.24) is 0 Å². The number of hydrogen-bond acceptors (Lipinski definition) is 5. The molecular weight excluding hydrogens is 420 g/mol. The lowest BCUT2D eigenvalue weighted by atomic mass is 10.1. The lowest BCUT2D eigenvalue weighted by Gasteiger charge is -2.19. The van der Waals surface area contributed by atoms with Crippen molar-refractivity contribution in [1.29, 1.82) is 0 Å². The van der Waals surface area contributed by atoms with E-state index in [1.54, 1.807) is 47.4 Å². The molecule has 0 N–H and O–H groups in total. The first-order valence-corrected chi connectivity index (χ1v) is 10.6. The molecule has 164 valence electrons. The number of ether oxygens (including phenoxy) is 1. The lowest BCUT2D eigenvalue weighted by Crippen LogP contribution is -2.29. The van der Waals surface area contributed by atoms with Crippen molar-refractivity contribution in [2.24, 2.45) is 5.92 Å². The molecule has 7 heteroatoms. The van der Waals surface area contributed by atoms with E-state index in [1.165, 1.54) is 6.07 Å². The monoisotopic (exact) mass is 440 g/mol. The molecule has 0 aromatic heterocycles. The smallest absolute Gasteiger partial charge is 0.316 e. The van der Waals surface area contributed by atoms with Gasteiger partial charge in [-0.15, -0.1) is 0 Å². The van der Waals surface area contributed by atoms with E-state index >= 15 is 0 Å². The molecule has 7 nitrogen and oxygen atoms in total. The van der Waals surface area contributed by atoms with Crippen LogP contribution in [0.2, 0.25) is 0 Å². The van der Waals surface area contributed by atoms with Crippen molar-refractivity contribution >= 4 is 35.1 Å². The first kappa shape index (κ1) is 20.6. The highest BCUT2D eigenvalue weighted by molar-refractivity contribution is 6.34. The van der Waals surface area contributed by atoms with Gasteiger partial charge in [0.2, 0.25) is 5.91 Å². The highest BCUT2D eigenvalue weighted by atomic mass is 16.5. The third-order valence-electron chi connectivity index (χ3n) is 5.95. The normalized spacial score (nSPS) is 17.5. The summed E-state index contributed by atoms with van der Waals surface area (Å²) in [4.78, 5) is 53.5. The number of benzene rings is 3. The second-order valence-corrected chi connectivity index (χ2v) is 8.10. The molecular formula is C26H20N2O5. The molecule has 2 heterocycles. The Morgan fingerprint density at radius 2 is 1.55 bits per heavy atom. The van der Waals surface area contributed by atoms with Crippen LogP contribution in [-0.2, 0) is 9.59 Å². The van der Waals surface area contributed by atoms with E-state index in [0.29, 0.717) is 16.8 Å². The standard InChI is InChI=1S/C26H20N2O5/c1-16-7-2-5-12-22(16)27-15-17(13-23(27)29)26(32)33-19-9-6-8-18(14-19)28-24(30)20-10-3-4-11-21(20)25(28)31/h2-12,14,17H,13,15H2,1H3/t17-/m0/s1. The van der Waals surface area contributed by atoms with E-state index in [-0.39, 0.29) is 24.6 Å². The first-order valence-electron chi connectivity index (χ1n) is 10.6. The highest BCUT2D eigenvalue weighted by Gasteiger charge is 2.38. The zero-order chi connectivity index (χ0) is 23.1. The maximum atomic E-state index is 12.8. The molecule has 0 radical (unpaired) electrons. The Balaban J connectivity index is 1.32. The average molecular weight is 440 g/mol. The summed E-state index contributed by atoms with van der Waals surface area (Å²) in [6.45, 7) is 2.15. The Morgan fingerprint density at radius 1 is 0.879 bits per heavy atom. The lowest BCUT2D eigenvalue weighted by molar-refractivity contribution is -0.139. The molecule has 3 aromatic rings. The fourth-order valence-electron chi connectivity index (χ4n) is 4.27. The van der Waals surface area contributed by atoms with Crippen molar-refractivity contribution in [3.8, 4) is 5.75 Å². The van der Waals surface area contributed by atoms with Crippen molar-refractivity contribution < 1.29 is 23.9 Å². The van der Waals surface area contributed by atoms with Crippen LogP contribution >= 0.6 is 0 Å². The van der Waals surface area contributed by atoms with Crippen LogP contribution in [0.1, 0.15) is 32.7 Å². The van der Waals surface area contributed by atoms with E-state index in [9.17, 15) is 19.2 Å². The predicted octanol–water partition coefficient (Wildman–Crippen LogP) is 3.75. The molecule has 0 unspecified atom stereocenters. The second kappa shape index (κ2) is 8.02. The molecule has 0 saturated carbocycles. The van der Waals surface area contributed by atoms with Crippen molar-refractivity contribution in [2.45, 2.75) is 13.3 Å². The summed E-state index contributed by atoms with van der Waals surface area (Å²) in [6.07, 6.45) is 0.0608. The van der Waals surface area contributed by atoms with Gasteiger partial charge in [-0.1, -0.05) is 36.4 Å². The van der Waals surface area contributed by atoms with Crippen molar-refractivity contribution in [2.75, 3.05) is 16.3 Å². The van der Waals surface area contributed by atoms with Crippen LogP contribution in [0.25, 0.3) is 0 Å². The van der Waals surface area contributed by atoms with Gasteiger partial charge in [0.05, 0.1) is 22.7 Å². The minimum absolute atomic E-state index is 0.0608. The molecule has 33 heavy (non-hydrogen) atoms. The predicted molar refractivity (Wildman–Crippen MR) is 121 cm³/mol. The number of amides is 3. The summed E-state index contributed by atoms with van der Waals surface area (Å²) < 4.78 is 5.54. The topological polar surface area (TPSA) is 84.0 Å². The van der Waals surface area contributed by atoms with E-state index in [0.717, 1.165) is 16.2 Å². The minimum atomic E-state index is -0.611. The summed E-state index contributed by atoms with van der Waals surface area (Å²) in [5.41, 5.74) is 2.73. The van der Waals surface area contributed by atoms with Gasteiger partial charge in [-0.25, -0.2) is 4.90 Å². The molecule has 1 atom stereocenters. The number of hydrogen-bond donors (Lipinski definition) is 0. The molecule has 5 rings (SSSR count). The molecule has 0 aliphatic carbocycles. The number of aryl methyl sites for hydroxylation is 1. The fraction of sp³-hybridized carbons (Fsp3) is 0.154. The molecule has 0 spiro atoms. The number of imide groups is 1. The second-order valence-electron chi connectivity index (χ2n) is 8.10. The number of carbonyl (C=O) groups excluding carboxylic acids is 4. The molecule has 1 saturated heterocycles. The van der Waals surface area contributed by atoms with Crippen LogP contribution in [0.15, 0.2) is 72.8 Å². The molecule has 3 aromatic carbocycles. The summed E-state index contributed by atoms with van der Waals surface area (Å²) in [6, 6.07) is 20.4. The van der Waals surface area contributed by atoms with Crippen LogP contribution in [0.4, 0.5) is 11.4 Å². The third-order valence-corrected chi connectivity index (χ3v) is 5.95. The van der Waals surface area contributed by atoms with Gasteiger partial charge >= 0.3 is 5.97 Å². The Bertz CT molecular complexity index is 1280. The zero-order valence-electron chi connectivity index (χ0n) is 17.9. The number of para-hydroxylation sites is 1. The van der Waals surface area contributed by atoms with Gasteiger partial charge in [-0.3, -0.25) is 19.2 Å².